The molecule has 1 heterocycles. The number of aromatic nitrogens is 2. The van der Waals surface area contributed by atoms with Crippen LogP contribution in [-0.4, -0.2) is 21.5 Å². The number of ether oxygens (including phenoxy) is 1. The molecule has 0 unspecified atom stereocenters. The van der Waals surface area contributed by atoms with Gasteiger partial charge in [-0.3, -0.25) is 10.1 Å². The molecule has 0 bridgehead atoms. The molecular weight excluding hydrogens is 353 g/mol. The second-order valence-corrected chi connectivity index (χ2v) is 4.79. The summed E-state index contributed by atoms with van der Waals surface area (Å²) in [6, 6.07) is 3.00. The van der Waals surface area contributed by atoms with Crippen molar-refractivity contribution in [1.82, 2.24) is 9.97 Å². The fourth-order valence-corrected chi connectivity index (χ4v) is 2.04. The highest BCUT2D eigenvalue weighted by Gasteiger charge is 2.33. The highest BCUT2D eigenvalue weighted by Crippen LogP contribution is 2.38. The van der Waals surface area contributed by atoms with Crippen LogP contribution in [0.1, 0.15) is 12.5 Å². The molecule has 1 aromatic carbocycles. The molecule has 0 radical (unpaired) electrons. The maximum Gasteiger partial charge on any atom is 0.417 e. The topological polar surface area (TPSA) is 90.2 Å². The molecule has 1 N–H and O–H groups in total. The number of nitrogens with zero attached hydrogens (tertiary/aromatic N) is 3. The minimum atomic E-state index is -4.66. The van der Waals surface area contributed by atoms with Gasteiger partial charge in [-0.2, -0.15) is 18.2 Å². The van der Waals surface area contributed by atoms with E-state index in [1.54, 1.807) is 6.92 Å². The molecule has 2 aromatic rings. The third-order valence-electron chi connectivity index (χ3n) is 2.79. The molecule has 24 heavy (non-hydrogen) atoms. The second-order valence-electron chi connectivity index (χ2n) is 4.38. The Kier molecular flexibility index (Phi) is 5.07. The number of nitrogens with one attached hydrogen (secondary N) is 1. The van der Waals surface area contributed by atoms with Crippen molar-refractivity contribution in [3.05, 3.63) is 45.2 Å². The monoisotopic (exact) mass is 362 g/mol. The van der Waals surface area contributed by atoms with Crippen LogP contribution in [0, 0.1) is 10.1 Å². The lowest BCUT2D eigenvalue weighted by molar-refractivity contribution is -0.385. The van der Waals surface area contributed by atoms with Gasteiger partial charge in [0.25, 0.3) is 5.88 Å². The Bertz CT molecular complexity index is 771. The average Bonchev–Trinajstić information content (AvgIpc) is 2.48. The van der Waals surface area contributed by atoms with E-state index < -0.39 is 27.4 Å². The van der Waals surface area contributed by atoms with E-state index in [4.69, 9.17) is 16.3 Å². The third kappa shape index (κ3) is 3.82. The van der Waals surface area contributed by atoms with Crippen LogP contribution in [0.3, 0.4) is 0 Å². The molecule has 0 amide bonds. The van der Waals surface area contributed by atoms with Gasteiger partial charge in [0, 0.05) is 5.69 Å². The summed E-state index contributed by atoms with van der Waals surface area (Å²) in [4.78, 5) is 17.7. The van der Waals surface area contributed by atoms with Crippen molar-refractivity contribution in [2.75, 3.05) is 11.9 Å². The Hall–Kier alpha value is -2.62. The quantitative estimate of drug-likeness (QED) is 0.633. The van der Waals surface area contributed by atoms with E-state index in [2.05, 4.69) is 15.3 Å². The smallest absolute Gasteiger partial charge is 0.417 e. The molecule has 2 rings (SSSR count). The lowest BCUT2D eigenvalue weighted by Gasteiger charge is -2.12. The normalized spacial score (nSPS) is 11.2. The molecule has 0 aliphatic carbocycles. The molecule has 11 heteroatoms. The van der Waals surface area contributed by atoms with Gasteiger partial charge in [0.15, 0.2) is 0 Å². The van der Waals surface area contributed by atoms with Crippen LogP contribution >= 0.6 is 11.6 Å². The van der Waals surface area contributed by atoms with Gasteiger partial charge in [0.2, 0.25) is 5.82 Å². The van der Waals surface area contributed by atoms with E-state index in [9.17, 15) is 23.3 Å². The summed E-state index contributed by atoms with van der Waals surface area (Å²) in [5.74, 6) is -0.584. The first-order valence-electron chi connectivity index (χ1n) is 6.50. The number of nitro groups is 1. The van der Waals surface area contributed by atoms with Crippen molar-refractivity contribution in [1.29, 1.82) is 0 Å². The Labute approximate surface area is 138 Å². The second kappa shape index (κ2) is 6.87. The van der Waals surface area contributed by atoms with Crippen molar-refractivity contribution in [2.24, 2.45) is 0 Å². The van der Waals surface area contributed by atoms with E-state index in [0.717, 1.165) is 18.5 Å². The van der Waals surface area contributed by atoms with E-state index in [1.807, 2.05) is 0 Å². The maximum absolute atomic E-state index is 12.9. The predicted octanol–water partition coefficient (Wildman–Crippen LogP) is 4.20. The van der Waals surface area contributed by atoms with Crippen LogP contribution in [0.5, 0.6) is 5.88 Å². The van der Waals surface area contributed by atoms with Crippen molar-refractivity contribution in [2.45, 2.75) is 13.1 Å². The number of halogens is 4. The Morgan fingerprint density at radius 3 is 2.67 bits per heavy atom. The maximum atomic E-state index is 12.9. The summed E-state index contributed by atoms with van der Waals surface area (Å²) < 4.78 is 43.7. The average molecular weight is 363 g/mol. The van der Waals surface area contributed by atoms with Gasteiger partial charge in [0.05, 0.1) is 22.1 Å². The fraction of sp³-hybridized carbons (Fsp3) is 0.231. The largest absolute Gasteiger partial charge is 0.473 e. The molecule has 0 saturated carbocycles. The summed E-state index contributed by atoms with van der Waals surface area (Å²) in [6.07, 6.45) is -3.66. The first kappa shape index (κ1) is 17.7. The fourth-order valence-electron chi connectivity index (χ4n) is 1.82. The predicted molar refractivity (Wildman–Crippen MR) is 79.6 cm³/mol. The first-order chi connectivity index (χ1) is 11.2. The number of benzene rings is 1. The lowest BCUT2D eigenvalue weighted by atomic mass is 10.2. The van der Waals surface area contributed by atoms with E-state index in [-0.39, 0.29) is 24.0 Å². The van der Waals surface area contributed by atoms with Crippen LogP contribution in [0.25, 0.3) is 0 Å². The standard InChI is InChI=1S/C13H10ClF3N4O3/c1-2-24-12-10(21(22)23)11(18-6-19-12)20-7-3-4-9(14)8(5-7)13(15,16)17/h3-6H,2H2,1H3,(H,18,19,20). The van der Waals surface area contributed by atoms with E-state index >= 15 is 0 Å². The first-order valence-corrected chi connectivity index (χ1v) is 6.87. The van der Waals surface area contributed by atoms with Gasteiger partial charge in [-0.15, -0.1) is 0 Å². The van der Waals surface area contributed by atoms with E-state index in [1.165, 1.54) is 6.07 Å². The van der Waals surface area contributed by atoms with Crippen molar-refractivity contribution >= 4 is 28.8 Å². The van der Waals surface area contributed by atoms with Crippen LogP contribution in [0.2, 0.25) is 5.02 Å². The summed E-state index contributed by atoms with van der Waals surface area (Å²) in [6.45, 7) is 1.73. The van der Waals surface area contributed by atoms with Gasteiger partial charge in [-0.05, 0) is 25.1 Å². The van der Waals surface area contributed by atoms with Crippen LogP contribution in [0.15, 0.2) is 24.5 Å². The summed E-state index contributed by atoms with van der Waals surface area (Å²) in [5.41, 5.74) is -1.73. The van der Waals surface area contributed by atoms with Gasteiger partial charge in [0.1, 0.15) is 6.33 Å². The van der Waals surface area contributed by atoms with Gasteiger partial charge in [-0.1, -0.05) is 11.6 Å². The van der Waals surface area contributed by atoms with Crippen LogP contribution in [-0.2, 0) is 6.18 Å². The van der Waals surface area contributed by atoms with Crippen molar-refractivity contribution < 1.29 is 22.8 Å². The highest BCUT2D eigenvalue weighted by molar-refractivity contribution is 6.31. The third-order valence-corrected chi connectivity index (χ3v) is 3.12. The molecule has 0 saturated heterocycles. The van der Waals surface area contributed by atoms with E-state index in [0.29, 0.717) is 0 Å². The zero-order valence-electron chi connectivity index (χ0n) is 12.1. The molecule has 0 fully saturated rings. The number of rotatable bonds is 5. The van der Waals surface area contributed by atoms with Crippen molar-refractivity contribution in [3.8, 4) is 5.88 Å². The van der Waals surface area contributed by atoms with Gasteiger partial charge >= 0.3 is 11.9 Å². The Balaban J connectivity index is 2.45. The summed E-state index contributed by atoms with van der Waals surface area (Å²) in [5, 5.41) is 13.2. The number of alkyl halides is 3. The van der Waals surface area contributed by atoms with Gasteiger partial charge in [-0.25, -0.2) is 4.98 Å². The zero-order chi connectivity index (χ0) is 17.9. The Morgan fingerprint density at radius 1 is 1.38 bits per heavy atom. The van der Waals surface area contributed by atoms with Crippen LogP contribution < -0.4 is 10.1 Å². The summed E-state index contributed by atoms with van der Waals surface area (Å²) >= 11 is 5.53. The molecule has 128 valence electrons. The number of hydrogen-bond acceptors (Lipinski definition) is 6. The molecule has 0 spiro atoms. The number of anilines is 2. The Morgan fingerprint density at radius 2 is 2.08 bits per heavy atom. The minimum absolute atomic E-state index is 0.0732. The van der Waals surface area contributed by atoms with Crippen LogP contribution in [0.4, 0.5) is 30.4 Å². The summed E-state index contributed by atoms with van der Waals surface area (Å²) in [7, 11) is 0. The van der Waals surface area contributed by atoms with Crippen molar-refractivity contribution in [3.63, 3.8) is 0 Å². The lowest BCUT2D eigenvalue weighted by Crippen LogP contribution is -2.08. The molecule has 7 nitrogen and oxygen atoms in total. The minimum Gasteiger partial charge on any atom is -0.473 e. The highest BCUT2D eigenvalue weighted by atomic mass is 35.5. The molecule has 0 atom stereocenters. The SMILES string of the molecule is CCOc1ncnc(Nc2ccc(Cl)c(C(F)(F)F)c2)c1[N+](=O)[O-]. The molecular formula is C13H10ClF3N4O3. The molecule has 0 aliphatic rings. The molecule has 0 aliphatic heterocycles. The number of hydrogen-bond donors (Lipinski definition) is 1. The zero-order valence-corrected chi connectivity index (χ0v) is 12.9. The van der Waals surface area contributed by atoms with Gasteiger partial charge < -0.3 is 10.1 Å². The molecule has 1 aromatic heterocycles.